The average Bonchev–Trinajstić information content (AvgIpc) is 2.48. The van der Waals surface area contributed by atoms with Gasteiger partial charge in [-0.25, -0.2) is 9.97 Å². The molecule has 0 bridgehead atoms. The molecule has 1 fully saturated rings. The van der Waals surface area contributed by atoms with Crippen molar-refractivity contribution in [2.24, 2.45) is 5.73 Å². The van der Waals surface area contributed by atoms with Crippen LogP contribution < -0.4 is 16.4 Å². The van der Waals surface area contributed by atoms with Crippen molar-refractivity contribution in [3.05, 3.63) is 6.07 Å². The quantitative estimate of drug-likeness (QED) is 0.448. The Balaban J connectivity index is 2.04. The predicted molar refractivity (Wildman–Crippen MR) is 87.7 cm³/mol. The normalized spacial score (nSPS) is 19.0. The van der Waals surface area contributed by atoms with Crippen molar-refractivity contribution in [3.63, 3.8) is 0 Å². The van der Waals surface area contributed by atoms with E-state index in [-0.39, 0.29) is 6.10 Å². The minimum Gasteiger partial charge on any atom is -0.383 e. The van der Waals surface area contributed by atoms with Crippen LogP contribution in [0.15, 0.2) is 11.2 Å². The largest absolute Gasteiger partial charge is 0.383 e. The van der Waals surface area contributed by atoms with Crippen molar-refractivity contribution in [1.29, 1.82) is 0 Å². The van der Waals surface area contributed by atoms with E-state index in [0.29, 0.717) is 19.0 Å². The van der Waals surface area contributed by atoms with Crippen LogP contribution in [0.25, 0.3) is 0 Å². The predicted octanol–water partition coefficient (Wildman–Crippen LogP) is 1.50. The van der Waals surface area contributed by atoms with Crippen molar-refractivity contribution in [3.8, 4) is 0 Å². The highest BCUT2D eigenvalue weighted by Gasteiger charge is 2.21. The lowest BCUT2D eigenvalue weighted by atomic mass is 10.2. The van der Waals surface area contributed by atoms with E-state index in [1.807, 2.05) is 6.07 Å². The first-order valence-corrected chi connectivity index (χ1v) is 8.55. The Labute approximate surface area is 130 Å². The number of rotatable bonds is 7. The monoisotopic (exact) mass is 311 g/mol. The Morgan fingerprint density at radius 3 is 3.10 bits per heavy atom. The van der Waals surface area contributed by atoms with Gasteiger partial charge in [-0.2, -0.15) is 0 Å². The Kier molecular flexibility index (Phi) is 6.53. The number of ether oxygens (including phenoxy) is 1. The molecule has 0 aromatic carbocycles. The summed E-state index contributed by atoms with van der Waals surface area (Å²) in [6.45, 7) is 5.16. The second kappa shape index (κ2) is 8.41. The molecular weight excluding hydrogens is 286 g/mol. The zero-order valence-corrected chi connectivity index (χ0v) is 13.4. The van der Waals surface area contributed by atoms with Crippen LogP contribution >= 0.6 is 11.8 Å². The summed E-state index contributed by atoms with van der Waals surface area (Å²) in [5.41, 5.74) is 11.5. The third kappa shape index (κ3) is 5.01. The molecule has 1 aromatic heterocycles. The smallest absolute Gasteiger partial charge is 0.191 e. The summed E-state index contributed by atoms with van der Waals surface area (Å²) in [5, 5.41) is 0.764. The number of unbranched alkanes of at least 4 members (excludes halogenated alkanes) is 1. The fourth-order valence-corrected chi connectivity index (χ4v) is 3.20. The third-order valence-corrected chi connectivity index (χ3v) is 4.33. The van der Waals surface area contributed by atoms with Gasteiger partial charge in [0, 0.05) is 24.9 Å². The zero-order valence-electron chi connectivity index (χ0n) is 12.6. The van der Waals surface area contributed by atoms with Gasteiger partial charge in [0.2, 0.25) is 0 Å². The fraction of sp³-hybridized carbons (Fsp3) is 0.714. The molecule has 0 radical (unpaired) electrons. The minimum absolute atomic E-state index is 0.177. The molecule has 2 heterocycles. The van der Waals surface area contributed by atoms with Gasteiger partial charge < -0.3 is 21.1 Å². The molecule has 4 N–H and O–H groups in total. The lowest BCUT2D eigenvalue weighted by molar-refractivity contribution is 0.0366. The summed E-state index contributed by atoms with van der Waals surface area (Å²) in [6, 6.07) is 1.84. The van der Waals surface area contributed by atoms with Gasteiger partial charge in [0.05, 0.1) is 12.7 Å². The fourth-order valence-electron chi connectivity index (χ4n) is 2.25. The van der Waals surface area contributed by atoms with E-state index in [1.165, 1.54) is 6.42 Å². The lowest BCUT2D eigenvalue weighted by Gasteiger charge is -2.33. The van der Waals surface area contributed by atoms with Gasteiger partial charge in [0.15, 0.2) is 5.16 Å². The number of aromatic nitrogens is 2. The first-order valence-electron chi connectivity index (χ1n) is 7.57. The Bertz CT molecular complexity index is 443. The van der Waals surface area contributed by atoms with E-state index in [1.54, 1.807) is 11.8 Å². The summed E-state index contributed by atoms with van der Waals surface area (Å²) >= 11 is 1.67. The molecule has 1 saturated heterocycles. The molecule has 1 atom stereocenters. The number of nitrogen functional groups attached to an aromatic ring is 1. The van der Waals surface area contributed by atoms with Crippen molar-refractivity contribution < 1.29 is 4.74 Å². The number of nitrogens with two attached hydrogens (primary N) is 2. The molecule has 1 unspecified atom stereocenters. The van der Waals surface area contributed by atoms with E-state index < -0.39 is 0 Å². The Morgan fingerprint density at radius 1 is 1.48 bits per heavy atom. The molecule has 0 aliphatic carbocycles. The van der Waals surface area contributed by atoms with Gasteiger partial charge in [-0.05, 0) is 19.4 Å². The van der Waals surface area contributed by atoms with Crippen molar-refractivity contribution in [1.82, 2.24) is 9.97 Å². The van der Waals surface area contributed by atoms with E-state index in [0.717, 1.165) is 42.7 Å². The molecule has 0 saturated carbocycles. The minimum atomic E-state index is 0.177. The molecule has 2 rings (SSSR count). The SMILES string of the molecule is CCCCSc1nc(N)cc(N2CCOC(CCN)C2)n1. The maximum atomic E-state index is 5.92. The van der Waals surface area contributed by atoms with Crippen LogP contribution in [0.4, 0.5) is 11.6 Å². The number of hydrogen-bond acceptors (Lipinski definition) is 7. The van der Waals surface area contributed by atoms with Crippen molar-refractivity contribution in [2.45, 2.75) is 37.4 Å². The summed E-state index contributed by atoms with van der Waals surface area (Å²) in [6.07, 6.45) is 3.38. The maximum Gasteiger partial charge on any atom is 0.191 e. The molecule has 7 heteroatoms. The van der Waals surface area contributed by atoms with E-state index in [9.17, 15) is 0 Å². The lowest BCUT2D eigenvalue weighted by Crippen LogP contribution is -2.43. The van der Waals surface area contributed by atoms with Crippen LogP contribution in [0, 0.1) is 0 Å². The van der Waals surface area contributed by atoms with Gasteiger partial charge >= 0.3 is 0 Å². The molecule has 0 spiro atoms. The Hall–Kier alpha value is -1.05. The highest BCUT2D eigenvalue weighted by Crippen LogP contribution is 2.23. The number of morpholine rings is 1. The standard InChI is InChI=1S/C14H25N5OS/c1-2-3-8-21-14-17-12(16)9-13(18-14)19-6-7-20-11(10-19)4-5-15/h9,11H,2-8,10,15H2,1H3,(H2,16,17,18). The summed E-state index contributed by atoms with van der Waals surface area (Å²) < 4.78 is 5.71. The van der Waals surface area contributed by atoms with Crippen LogP contribution in [0.1, 0.15) is 26.2 Å². The highest BCUT2D eigenvalue weighted by atomic mass is 32.2. The summed E-state index contributed by atoms with van der Waals surface area (Å²) in [4.78, 5) is 11.2. The van der Waals surface area contributed by atoms with Gasteiger partial charge in [0.1, 0.15) is 11.6 Å². The summed E-state index contributed by atoms with van der Waals surface area (Å²) in [5.74, 6) is 2.45. The van der Waals surface area contributed by atoms with Crippen LogP contribution in [0.3, 0.4) is 0 Å². The molecule has 21 heavy (non-hydrogen) atoms. The van der Waals surface area contributed by atoms with Crippen LogP contribution in [0.5, 0.6) is 0 Å². The molecule has 6 nitrogen and oxygen atoms in total. The van der Waals surface area contributed by atoms with Crippen LogP contribution in [-0.2, 0) is 4.74 Å². The van der Waals surface area contributed by atoms with Gasteiger partial charge in [0.25, 0.3) is 0 Å². The number of anilines is 2. The van der Waals surface area contributed by atoms with E-state index >= 15 is 0 Å². The van der Waals surface area contributed by atoms with Crippen molar-refractivity contribution in [2.75, 3.05) is 42.6 Å². The molecular formula is C14H25N5OS. The van der Waals surface area contributed by atoms with Crippen LogP contribution in [-0.4, -0.2) is 48.1 Å². The third-order valence-electron chi connectivity index (χ3n) is 3.39. The Morgan fingerprint density at radius 2 is 2.33 bits per heavy atom. The first kappa shape index (κ1) is 16.3. The van der Waals surface area contributed by atoms with Crippen molar-refractivity contribution >= 4 is 23.4 Å². The average molecular weight is 311 g/mol. The number of hydrogen-bond donors (Lipinski definition) is 2. The molecule has 1 aliphatic heterocycles. The summed E-state index contributed by atoms with van der Waals surface area (Å²) in [7, 11) is 0. The second-order valence-electron chi connectivity index (χ2n) is 5.15. The molecule has 1 aliphatic rings. The van der Waals surface area contributed by atoms with Gasteiger partial charge in [-0.1, -0.05) is 25.1 Å². The van der Waals surface area contributed by atoms with E-state index in [4.69, 9.17) is 16.2 Å². The second-order valence-corrected chi connectivity index (χ2v) is 6.21. The number of thioether (sulfide) groups is 1. The zero-order chi connectivity index (χ0) is 15.1. The van der Waals surface area contributed by atoms with Gasteiger partial charge in [-0.3, -0.25) is 0 Å². The maximum absolute atomic E-state index is 5.92. The topological polar surface area (TPSA) is 90.3 Å². The van der Waals surface area contributed by atoms with Crippen LogP contribution in [0.2, 0.25) is 0 Å². The molecule has 118 valence electrons. The first-order chi connectivity index (χ1) is 10.2. The molecule has 0 amide bonds. The number of nitrogens with zero attached hydrogens (tertiary/aromatic N) is 3. The molecule has 1 aromatic rings. The van der Waals surface area contributed by atoms with E-state index in [2.05, 4.69) is 21.8 Å². The highest BCUT2D eigenvalue weighted by molar-refractivity contribution is 7.99. The van der Waals surface area contributed by atoms with Gasteiger partial charge in [-0.15, -0.1) is 0 Å².